The molecule has 0 amide bonds. The average Bonchev–Trinajstić information content (AvgIpc) is 2.45. The topological polar surface area (TPSA) is 12.0 Å². The summed E-state index contributed by atoms with van der Waals surface area (Å²) in [5.74, 6) is -0.188. The maximum Gasteiger partial charge on any atom is 0.123 e. The van der Waals surface area contributed by atoms with Crippen molar-refractivity contribution in [3.8, 4) is 0 Å². The standard InChI is InChI=1S/C17H18Br2FN/c1-2-21-16(9-12-3-5-14(18)6-4-12)11-13-10-15(20)7-8-17(13)19/h3-8,10,16,21H,2,9,11H2,1H3. The van der Waals surface area contributed by atoms with Crippen LogP contribution in [-0.4, -0.2) is 12.6 Å². The molecule has 0 saturated heterocycles. The van der Waals surface area contributed by atoms with E-state index in [0.717, 1.165) is 33.9 Å². The Morgan fingerprint density at radius 3 is 2.43 bits per heavy atom. The Balaban J connectivity index is 2.11. The van der Waals surface area contributed by atoms with Gasteiger partial charge in [-0.05, 0) is 60.8 Å². The zero-order chi connectivity index (χ0) is 15.2. The second kappa shape index (κ2) is 8.06. The van der Waals surface area contributed by atoms with Gasteiger partial charge in [0, 0.05) is 15.0 Å². The predicted octanol–water partition coefficient (Wildman–Crippen LogP) is 5.11. The fourth-order valence-corrected chi connectivity index (χ4v) is 3.05. The van der Waals surface area contributed by atoms with Gasteiger partial charge in [-0.2, -0.15) is 0 Å². The lowest BCUT2D eigenvalue weighted by atomic mass is 9.99. The highest BCUT2D eigenvalue weighted by Gasteiger charge is 2.12. The van der Waals surface area contributed by atoms with Gasteiger partial charge in [0.1, 0.15) is 5.82 Å². The summed E-state index contributed by atoms with van der Waals surface area (Å²) in [4.78, 5) is 0. The normalized spacial score (nSPS) is 12.4. The van der Waals surface area contributed by atoms with Gasteiger partial charge in [-0.1, -0.05) is 50.9 Å². The minimum Gasteiger partial charge on any atom is -0.314 e. The molecular formula is C17H18Br2FN. The van der Waals surface area contributed by atoms with Gasteiger partial charge in [-0.25, -0.2) is 4.39 Å². The molecule has 0 spiro atoms. The van der Waals surface area contributed by atoms with E-state index >= 15 is 0 Å². The summed E-state index contributed by atoms with van der Waals surface area (Å²) in [6.45, 7) is 2.99. The van der Waals surface area contributed by atoms with E-state index in [1.807, 2.05) is 0 Å². The maximum absolute atomic E-state index is 13.4. The van der Waals surface area contributed by atoms with Crippen molar-refractivity contribution in [3.05, 3.63) is 68.4 Å². The minimum atomic E-state index is -0.188. The minimum absolute atomic E-state index is 0.188. The highest BCUT2D eigenvalue weighted by atomic mass is 79.9. The Kier molecular flexibility index (Phi) is 6.40. The van der Waals surface area contributed by atoms with Crippen molar-refractivity contribution >= 4 is 31.9 Å². The SMILES string of the molecule is CCNC(Cc1ccc(Br)cc1)Cc1cc(F)ccc1Br. The average molecular weight is 415 g/mol. The van der Waals surface area contributed by atoms with Crippen LogP contribution in [0.4, 0.5) is 4.39 Å². The van der Waals surface area contributed by atoms with Crippen LogP contribution in [0, 0.1) is 5.82 Å². The van der Waals surface area contributed by atoms with E-state index in [2.05, 4.69) is 68.4 Å². The molecule has 0 radical (unpaired) electrons. The molecule has 0 saturated carbocycles. The molecule has 4 heteroatoms. The van der Waals surface area contributed by atoms with Crippen molar-refractivity contribution < 1.29 is 4.39 Å². The molecule has 1 unspecified atom stereocenters. The second-order valence-electron chi connectivity index (χ2n) is 5.03. The first-order valence-electron chi connectivity index (χ1n) is 7.00. The molecule has 2 aromatic carbocycles. The molecule has 2 aromatic rings. The van der Waals surface area contributed by atoms with E-state index in [9.17, 15) is 4.39 Å². The molecule has 0 heterocycles. The Morgan fingerprint density at radius 1 is 1.05 bits per heavy atom. The van der Waals surface area contributed by atoms with E-state index in [1.54, 1.807) is 12.1 Å². The van der Waals surface area contributed by atoms with Crippen LogP contribution in [0.25, 0.3) is 0 Å². The van der Waals surface area contributed by atoms with E-state index in [-0.39, 0.29) is 11.9 Å². The first-order valence-corrected chi connectivity index (χ1v) is 8.59. The Morgan fingerprint density at radius 2 is 1.76 bits per heavy atom. The Labute approximate surface area is 142 Å². The number of halogens is 3. The molecule has 0 fully saturated rings. The summed E-state index contributed by atoms with van der Waals surface area (Å²) in [6, 6.07) is 13.5. The van der Waals surface area contributed by atoms with Gasteiger partial charge in [-0.15, -0.1) is 0 Å². The lowest BCUT2D eigenvalue weighted by Gasteiger charge is -2.19. The number of likely N-dealkylation sites (N-methyl/N-ethyl adjacent to an activating group) is 1. The van der Waals surface area contributed by atoms with Crippen LogP contribution >= 0.6 is 31.9 Å². The van der Waals surface area contributed by atoms with Crippen LogP contribution < -0.4 is 5.32 Å². The molecule has 0 aliphatic rings. The number of benzene rings is 2. The van der Waals surface area contributed by atoms with Gasteiger partial charge >= 0.3 is 0 Å². The largest absolute Gasteiger partial charge is 0.314 e. The number of hydrogen-bond donors (Lipinski definition) is 1. The fourth-order valence-electron chi connectivity index (χ4n) is 2.38. The number of hydrogen-bond acceptors (Lipinski definition) is 1. The molecule has 0 aliphatic carbocycles. The molecule has 0 bridgehead atoms. The zero-order valence-electron chi connectivity index (χ0n) is 11.9. The van der Waals surface area contributed by atoms with Gasteiger partial charge in [0.2, 0.25) is 0 Å². The van der Waals surface area contributed by atoms with Crippen molar-refractivity contribution in [3.63, 3.8) is 0 Å². The van der Waals surface area contributed by atoms with Crippen molar-refractivity contribution in [1.29, 1.82) is 0 Å². The molecule has 0 aromatic heterocycles. The van der Waals surface area contributed by atoms with Crippen LogP contribution in [0.5, 0.6) is 0 Å². The number of nitrogens with one attached hydrogen (secondary N) is 1. The predicted molar refractivity (Wildman–Crippen MR) is 93.1 cm³/mol. The quantitative estimate of drug-likeness (QED) is 0.692. The summed E-state index contributed by atoms with van der Waals surface area (Å²) in [5.41, 5.74) is 2.27. The van der Waals surface area contributed by atoms with Crippen LogP contribution in [0.2, 0.25) is 0 Å². The third-order valence-electron chi connectivity index (χ3n) is 3.36. The second-order valence-corrected chi connectivity index (χ2v) is 6.80. The molecule has 1 nitrogen and oxygen atoms in total. The third-order valence-corrected chi connectivity index (χ3v) is 4.66. The molecule has 21 heavy (non-hydrogen) atoms. The summed E-state index contributed by atoms with van der Waals surface area (Å²) >= 11 is 6.95. The molecule has 2 rings (SSSR count). The zero-order valence-corrected chi connectivity index (χ0v) is 15.0. The fraction of sp³-hybridized carbons (Fsp3) is 0.294. The summed E-state index contributed by atoms with van der Waals surface area (Å²) in [7, 11) is 0. The first kappa shape index (κ1) is 16.7. The van der Waals surface area contributed by atoms with Crippen molar-refractivity contribution in [2.75, 3.05) is 6.54 Å². The summed E-state index contributed by atoms with van der Waals surface area (Å²) < 4.78 is 15.5. The van der Waals surface area contributed by atoms with Crippen molar-refractivity contribution in [1.82, 2.24) is 5.32 Å². The highest BCUT2D eigenvalue weighted by molar-refractivity contribution is 9.10. The first-order chi connectivity index (χ1) is 10.1. The maximum atomic E-state index is 13.4. The van der Waals surface area contributed by atoms with E-state index < -0.39 is 0 Å². The van der Waals surface area contributed by atoms with Crippen LogP contribution in [-0.2, 0) is 12.8 Å². The Hall–Kier alpha value is -0.710. The molecule has 0 aliphatic heterocycles. The summed E-state index contributed by atoms with van der Waals surface area (Å²) in [6.07, 6.45) is 1.71. The molecule has 1 atom stereocenters. The van der Waals surface area contributed by atoms with Crippen LogP contribution in [0.3, 0.4) is 0 Å². The lowest BCUT2D eigenvalue weighted by Crippen LogP contribution is -2.33. The summed E-state index contributed by atoms with van der Waals surface area (Å²) in [5, 5.41) is 3.49. The van der Waals surface area contributed by atoms with Gasteiger partial charge in [0.25, 0.3) is 0 Å². The highest BCUT2D eigenvalue weighted by Crippen LogP contribution is 2.21. The number of rotatable bonds is 6. The lowest BCUT2D eigenvalue weighted by molar-refractivity contribution is 0.518. The molecular weight excluding hydrogens is 397 g/mol. The van der Waals surface area contributed by atoms with Gasteiger partial charge < -0.3 is 5.32 Å². The third kappa shape index (κ3) is 5.20. The van der Waals surface area contributed by atoms with Crippen molar-refractivity contribution in [2.24, 2.45) is 0 Å². The van der Waals surface area contributed by atoms with Crippen molar-refractivity contribution in [2.45, 2.75) is 25.8 Å². The monoisotopic (exact) mass is 413 g/mol. The molecule has 1 N–H and O–H groups in total. The van der Waals surface area contributed by atoms with Gasteiger partial charge in [0.15, 0.2) is 0 Å². The van der Waals surface area contributed by atoms with E-state index in [0.29, 0.717) is 0 Å². The van der Waals surface area contributed by atoms with Crippen LogP contribution in [0.15, 0.2) is 51.4 Å². The van der Waals surface area contributed by atoms with Gasteiger partial charge in [0.05, 0.1) is 0 Å². The van der Waals surface area contributed by atoms with Crippen LogP contribution in [0.1, 0.15) is 18.1 Å². The van der Waals surface area contributed by atoms with E-state index in [4.69, 9.17) is 0 Å². The smallest absolute Gasteiger partial charge is 0.123 e. The Bertz CT molecular complexity index is 584. The molecule has 112 valence electrons. The van der Waals surface area contributed by atoms with E-state index in [1.165, 1.54) is 11.6 Å². The van der Waals surface area contributed by atoms with Gasteiger partial charge in [-0.3, -0.25) is 0 Å².